The summed E-state index contributed by atoms with van der Waals surface area (Å²) in [5.41, 5.74) is 9.14. The number of hydrogen-bond acceptors (Lipinski definition) is 6. The maximum Gasteiger partial charge on any atom is 0.242 e. The zero-order valence-electron chi connectivity index (χ0n) is 17.3. The summed E-state index contributed by atoms with van der Waals surface area (Å²) in [6, 6.07) is 12.0. The maximum atomic E-state index is 12.2. The molecule has 0 aliphatic carbocycles. The number of nitrogens with two attached hydrogens (primary N) is 1. The molecule has 0 atom stereocenters. The van der Waals surface area contributed by atoms with E-state index in [9.17, 15) is 8.42 Å². The third-order valence-corrected chi connectivity index (χ3v) is 6.15. The highest BCUT2D eigenvalue weighted by atomic mass is 32.2. The minimum Gasteiger partial charge on any atom is -0.389 e. The van der Waals surface area contributed by atoms with Gasteiger partial charge in [-0.1, -0.05) is 17.3 Å². The van der Waals surface area contributed by atoms with E-state index in [4.69, 9.17) is 10.6 Å². The van der Waals surface area contributed by atoms with Gasteiger partial charge in [-0.05, 0) is 49.7 Å². The Morgan fingerprint density at radius 2 is 1.97 bits per heavy atom. The van der Waals surface area contributed by atoms with E-state index in [1.54, 1.807) is 41.2 Å². The number of pyridine rings is 1. The number of hydrogen-bond donors (Lipinski definition) is 1. The van der Waals surface area contributed by atoms with E-state index in [1.807, 2.05) is 19.9 Å². The molecule has 0 radical (unpaired) electrons. The van der Waals surface area contributed by atoms with Gasteiger partial charge in [0.05, 0.1) is 10.6 Å². The molecule has 1 aromatic carbocycles. The third-order valence-electron chi connectivity index (χ3n) is 4.34. The molecule has 0 amide bonds. The molecule has 0 spiro atoms. The van der Waals surface area contributed by atoms with Crippen LogP contribution in [0.3, 0.4) is 0 Å². The predicted molar refractivity (Wildman–Crippen MR) is 114 cm³/mol. The third kappa shape index (κ3) is 4.66. The van der Waals surface area contributed by atoms with E-state index in [0.717, 1.165) is 15.7 Å². The quantitative estimate of drug-likeness (QED) is 0.349. The van der Waals surface area contributed by atoms with Crippen molar-refractivity contribution in [3.63, 3.8) is 0 Å². The maximum absolute atomic E-state index is 12.2. The average molecular weight is 429 g/mol. The highest BCUT2D eigenvalue weighted by molar-refractivity contribution is 7.89. The van der Waals surface area contributed by atoms with Crippen LogP contribution < -0.4 is 5.73 Å². The lowest BCUT2D eigenvalue weighted by molar-refractivity contribution is 0.130. The minimum atomic E-state index is -3.51. The van der Waals surface area contributed by atoms with Crippen molar-refractivity contribution in [1.82, 2.24) is 19.1 Å². The van der Waals surface area contributed by atoms with Crippen molar-refractivity contribution in [2.75, 3.05) is 14.1 Å². The van der Waals surface area contributed by atoms with Crippen LogP contribution in [0.25, 0.3) is 5.82 Å². The molecule has 0 unspecified atom stereocenters. The highest BCUT2D eigenvalue weighted by Gasteiger charge is 2.17. The van der Waals surface area contributed by atoms with Crippen molar-refractivity contribution in [1.29, 1.82) is 0 Å². The standard InChI is InChI=1S/C20H24N6O3S/c1-14-10-15(2)26(23-14)19-9-8-17(12-22-19)20(21)24-29-13-16-6-5-7-18(11-16)30(27,28)25(3)4/h5-12H,13H2,1-4H3,(H2,21,24). The summed E-state index contributed by atoms with van der Waals surface area (Å²) in [6.45, 7) is 3.96. The SMILES string of the molecule is Cc1cc(C)n(-c2ccc(/C(N)=N\OCc3cccc(S(=O)(=O)N(C)C)c3)cn2)n1. The number of amidine groups is 1. The lowest BCUT2D eigenvalue weighted by Crippen LogP contribution is -2.22. The normalized spacial score (nSPS) is 12.4. The predicted octanol–water partition coefficient (Wildman–Crippen LogP) is 1.97. The van der Waals surface area contributed by atoms with Gasteiger partial charge in [0.15, 0.2) is 11.7 Å². The first kappa shape index (κ1) is 21.5. The molecule has 10 heteroatoms. The van der Waals surface area contributed by atoms with E-state index in [-0.39, 0.29) is 17.3 Å². The Labute approximate surface area is 175 Å². The van der Waals surface area contributed by atoms with Crippen molar-refractivity contribution in [2.24, 2.45) is 10.9 Å². The van der Waals surface area contributed by atoms with E-state index in [0.29, 0.717) is 16.9 Å². The molecule has 2 N–H and O–H groups in total. The van der Waals surface area contributed by atoms with Crippen LogP contribution in [0, 0.1) is 13.8 Å². The monoisotopic (exact) mass is 428 g/mol. The van der Waals surface area contributed by atoms with Gasteiger partial charge >= 0.3 is 0 Å². The number of rotatable bonds is 7. The molecule has 3 rings (SSSR count). The van der Waals surface area contributed by atoms with Gasteiger partial charge in [-0.15, -0.1) is 0 Å². The van der Waals surface area contributed by atoms with Crippen molar-refractivity contribution < 1.29 is 13.3 Å². The van der Waals surface area contributed by atoms with Gasteiger partial charge in [0.25, 0.3) is 0 Å². The summed E-state index contributed by atoms with van der Waals surface area (Å²) in [5, 5.41) is 8.31. The van der Waals surface area contributed by atoms with Crippen molar-refractivity contribution in [2.45, 2.75) is 25.3 Å². The largest absolute Gasteiger partial charge is 0.389 e. The Hall–Kier alpha value is -3.24. The van der Waals surface area contributed by atoms with Crippen LogP contribution >= 0.6 is 0 Å². The van der Waals surface area contributed by atoms with E-state index < -0.39 is 10.0 Å². The number of nitrogens with zero attached hydrogens (tertiary/aromatic N) is 5. The number of oxime groups is 1. The molecule has 0 aliphatic rings. The van der Waals surface area contributed by atoms with Crippen LogP contribution in [-0.2, 0) is 21.5 Å². The van der Waals surface area contributed by atoms with Crippen molar-refractivity contribution in [3.05, 3.63) is 71.2 Å². The molecule has 0 saturated carbocycles. The molecule has 9 nitrogen and oxygen atoms in total. The molecule has 2 aromatic heterocycles. The van der Waals surface area contributed by atoms with Crippen molar-refractivity contribution in [3.8, 4) is 5.82 Å². The Morgan fingerprint density at radius 1 is 1.20 bits per heavy atom. The number of benzene rings is 1. The first-order chi connectivity index (χ1) is 14.2. The summed E-state index contributed by atoms with van der Waals surface area (Å²) in [4.78, 5) is 9.88. The average Bonchev–Trinajstić information content (AvgIpc) is 3.06. The van der Waals surface area contributed by atoms with Gasteiger partial charge in [0.2, 0.25) is 10.0 Å². The molecule has 0 fully saturated rings. The second-order valence-electron chi connectivity index (χ2n) is 6.93. The molecule has 30 heavy (non-hydrogen) atoms. The smallest absolute Gasteiger partial charge is 0.242 e. The van der Waals surface area contributed by atoms with E-state index >= 15 is 0 Å². The first-order valence-corrected chi connectivity index (χ1v) is 10.6. The van der Waals surface area contributed by atoms with Crippen LogP contribution in [0.5, 0.6) is 0 Å². The summed E-state index contributed by atoms with van der Waals surface area (Å²) in [5.74, 6) is 0.844. The van der Waals surface area contributed by atoms with Crippen LogP contribution in [0.15, 0.2) is 58.7 Å². The molecule has 0 bridgehead atoms. The first-order valence-electron chi connectivity index (χ1n) is 9.15. The molecule has 158 valence electrons. The summed E-state index contributed by atoms with van der Waals surface area (Å²) in [7, 11) is -0.543. The van der Waals surface area contributed by atoms with E-state index in [1.165, 1.54) is 20.2 Å². The van der Waals surface area contributed by atoms with Crippen molar-refractivity contribution >= 4 is 15.9 Å². The fraction of sp³-hybridized carbons (Fsp3) is 0.250. The summed E-state index contributed by atoms with van der Waals surface area (Å²) < 4.78 is 27.4. The molecule has 2 heterocycles. The number of aromatic nitrogens is 3. The zero-order chi connectivity index (χ0) is 21.9. The zero-order valence-corrected chi connectivity index (χ0v) is 18.1. The summed E-state index contributed by atoms with van der Waals surface area (Å²) in [6.07, 6.45) is 1.60. The van der Waals surface area contributed by atoms with Gasteiger partial charge in [0, 0.05) is 31.5 Å². The fourth-order valence-corrected chi connectivity index (χ4v) is 3.73. The Bertz CT molecular complexity index is 1170. The van der Waals surface area contributed by atoms with Gasteiger partial charge in [-0.25, -0.2) is 22.4 Å². The molecular formula is C20H24N6O3S. The minimum absolute atomic E-state index is 0.0781. The number of aryl methyl sites for hydroxylation is 2. The molecule has 0 saturated heterocycles. The van der Waals surface area contributed by atoms with Gasteiger partial charge in [-0.3, -0.25) is 0 Å². The van der Waals surface area contributed by atoms with E-state index in [2.05, 4.69) is 15.2 Å². The summed E-state index contributed by atoms with van der Waals surface area (Å²) >= 11 is 0. The van der Waals surface area contributed by atoms with Crippen LogP contribution in [0.4, 0.5) is 0 Å². The second kappa shape index (κ2) is 8.64. The molecular weight excluding hydrogens is 404 g/mol. The molecule has 3 aromatic rings. The lowest BCUT2D eigenvalue weighted by atomic mass is 10.2. The lowest BCUT2D eigenvalue weighted by Gasteiger charge is -2.12. The fourth-order valence-electron chi connectivity index (χ4n) is 2.76. The van der Waals surface area contributed by atoms with Gasteiger partial charge < -0.3 is 10.6 Å². The number of sulfonamides is 1. The van der Waals surface area contributed by atoms with Crippen LogP contribution in [-0.4, -0.2) is 47.4 Å². The Kier molecular flexibility index (Phi) is 6.18. The highest BCUT2D eigenvalue weighted by Crippen LogP contribution is 2.16. The van der Waals surface area contributed by atoms with Gasteiger partial charge in [-0.2, -0.15) is 5.10 Å². The topological polar surface area (TPSA) is 116 Å². The Morgan fingerprint density at radius 3 is 2.57 bits per heavy atom. The van der Waals surface area contributed by atoms with Crippen LogP contribution in [0.1, 0.15) is 22.5 Å². The van der Waals surface area contributed by atoms with Crippen LogP contribution in [0.2, 0.25) is 0 Å². The second-order valence-corrected chi connectivity index (χ2v) is 9.08. The molecule has 0 aliphatic heterocycles. The Balaban J connectivity index is 1.68. The van der Waals surface area contributed by atoms with Gasteiger partial charge in [0.1, 0.15) is 6.61 Å².